The molecule has 0 spiro atoms. The van der Waals surface area contributed by atoms with E-state index in [0.717, 1.165) is 18.1 Å². The Kier molecular flexibility index (Phi) is 4.92. The standard InChI is InChI=1S/C13H20N2S2/c1-10(2)12-5-8-17-13(15-12)14-6-3-11-4-7-16-9-11/h4,7,9-10,12H,3,5-6,8H2,1-2H3,(H,14,15). The number of hydrogen-bond acceptors (Lipinski definition) is 3. The third-order valence-corrected chi connectivity index (χ3v) is 4.71. The summed E-state index contributed by atoms with van der Waals surface area (Å²) in [6, 6.07) is 2.79. The average molecular weight is 268 g/mol. The molecule has 2 rings (SSSR count). The molecule has 17 heavy (non-hydrogen) atoms. The molecule has 0 radical (unpaired) electrons. The van der Waals surface area contributed by atoms with Gasteiger partial charge in [0.2, 0.25) is 0 Å². The maximum Gasteiger partial charge on any atom is 0.156 e. The fraction of sp³-hybridized carbons (Fsp3) is 0.615. The second-order valence-corrected chi connectivity index (χ2v) is 6.56. The van der Waals surface area contributed by atoms with Gasteiger partial charge in [0.15, 0.2) is 5.17 Å². The summed E-state index contributed by atoms with van der Waals surface area (Å²) in [5, 5.41) is 9.03. The zero-order chi connectivity index (χ0) is 12.1. The van der Waals surface area contributed by atoms with E-state index < -0.39 is 0 Å². The van der Waals surface area contributed by atoms with Crippen molar-refractivity contribution in [1.29, 1.82) is 0 Å². The summed E-state index contributed by atoms with van der Waals surface area (Å²) in [7, 11) is 0. The van der Waals surface area contributed by atoms with Crippen molar-refractivity contribution in [3.05, 3.63) is 22.4 Å². The Morgan fingerprint density at radius 2 is 2.41 bits per heavy atom. The van der Waals surface area contributed by atoms with E-state index in [1.807, 2.05) is 11.8 Å². The minimum atomic E-state index is 0.608. The molecule has 1 atom stereocenters. The molecule has 1 saturated heterocycles. The molecule has 0 saturated carbocycles. The molecule has 1 aromatic heterocycles. The Hall–Kier alpha value is -0.480. The number of rotatable bonds is 4. The summed E-state index contributed by atoms with van der Waals surface area (Å²) in [4.78, 5) is 4.66. The molecule has 0 aromatic carbocycles. The summed E-state index contributed by atoms with van der Waals surface area (Å²) in [5.74, 6) is 1.89. The number of thioether (sulfide) groups is 1. The van der Waals surface area contributed by atoms with E-state index in [4.69, 9.17) is 0 Å². The molecule has 1 N–H and O–H groups in total. The highest BCUT2D eigenvalue weighted by atomic mass is 32.2. The van der Waals surface area contributed by atoms with Crippen LogP contribution in [0, 0.1) is 5.92 Å². The van der Waals surface area contributed by atoms with E-state index in [9.17, 15) is 0 Å². The first-order chi connectivity index (χ1) is 8.25. The third kappa shape index (κ3) is 4.03. The first-order valence-corrected chi connectivity index (χ1v) is 8.13. The summed E-state index contributed by atoms with van der Waals surface area (Å²) in [6.45, 7) is 5.45. The van der Waals surface area contributed by atoms with Crippen molar-refractivity contribution in [1.82, 2.24) is 5.32 Å². The molecule has 0 amide bonds. The van der Waals surface area contributed by atoms with E-state index >= 15 is 0 Å². The normalized spacial score (nSPS) is 23.0. The molecule has 4 heteroatoms. The van der Waals surface area contributed by atoms with Crippen LogP contribution in [0.1, 0.15) is 25.8 Å². The van der Waals surface area contributed by atoms with Crippen molar-refractivity contribution in [2.75, 3.05) is 12.3 Å². The van der Waals surface area contributed by atoms with Gasteiger partial charge in [-0.2, -0.15) is 11.3 Å². The smallest absolute Gasteiger partial charge is 0.156 e. The van der Waals surface area contributed by atoms with Crippen LogP contribution in [0.25, 0.3) is 0 Å². The lowest BCUT2D eigenvalue weighted by Crippen LogP contribution is -2.41. The van der Waals surface area contributed by atoms with Gasteiger partial charge in [-0.3, -0.25) is 4.99 Å². The Morgan fingerprint density at radius 1 is 1.53 bits per heavy atom. The highest BCUT2D eigenvalue weighted by Gasteiger charge is 2.19. The highest BCUT2D eigenvalue weighted by Crippen LogP contribution is 2.18. The predicted molar refractivity (Wildman–Crippen MR) is 79.2 cm³/mol. The Labute approximate surface area is 112 Å². The molecule has 0 aliphatic carbocycles. The van der Waals surface area contributed by atoms with E-state index in [1.165, 1.54) is 17.7 Å². The number of aliphatic imine (C=N–C) groups is 1. The van der Waals surface area contributed by atoms with Gasteiger partial charge in [-0.15, -0.1) is 0 Å². The molecule has 2 nitrogen and oxygen atoms in total. The van der Waals surface area contributed by atoms with Gasteiger partial charge in [0.25, 0.3) is 0 Å². The molecule has 0 bridgehead atoms. The van der Waals surface area contributed by atoms with Crippen molar-refractivity contribution >= 4 is 28.3 Å². The molecule has 1 unspecified atom stereocenters. The van der Waals surface area contributed by atoms with Gasteiger partial charge in [-0.25, -0.2) is 0 Å². The first-order valence-electron chi connectivity index (χ1n) is 6.20. The topological polar surface area (TPSA) is 24.4 Å². The second-order valence-electron chi connectivity index (χ2n) is 4.70. The van der Waals surface area contributed by atoms with Gasteiger partial charge in [-0.05, 0) is 41.1 Å². The quantitative estimate of drug-likeness (QED) is 0.905. The van der Waals surface area contributed by atoms with Gasteiger partial charge >= 0.3 is 0 Å². The van der Waals surface area contributed by atoms with E-state index in [1.54, 1.807) is 11.3 Å². The van der Waals surface area contributed by atoms with Gasteiger partial charge in [0, 0.05) is 18.3 Å². The molecule has 1 aliphatic heterocycles. The van der Waals surface area contributed by atoms with Crippen LogP contribution in [-0.2, 0) is 6.42 Å². The highest BCUT2D eigenvalue weighted by molar-refractivity contribution is 8.13. The van der Waals surface area contributed by atoms with E-state index in [-0.39, 0.29) is 0 Å². The molecular formula is C13H20N2S2. The molecular weight excluding hydrogens is 248 g/mol. The monoisotopic (exact) mass is 268 g/mol. The lowest BCUT2D eigenvalue weighted by atomic mass is 10.0. The largest absolute Gasteiger partial charge is 0.362 e. The minimum absolute atomic E-state index is 0.608. The van der Waals surface area contributed by atoms with Gasteiger partial charge in [0.05, 0.1) is 0 Å². The lowest BCUT2D eigenvalue weighted by molar-refractivity contribution is 0.442. The van der Waals surface area contributed by atoms with Crippen LogP contribution in [0.4, 0.5) is 0 Å². The van der Waals surface area contributed by atoms with Crippen LogP contribution in [0.2, 0.25) is 0 Å². The fourth-order valence-corrected chi connectivity index (χ4v) is 3.55. The minimum Gasteiger partial charge on any atom is -0.362 e. The fourth-order valence-electron chi connectivity index (χ4n) is 1.87. The summed E-state index contributed by atoms with van der Waals surface area (Å²) >= 11 is 3.62. The second kappa shape index (κ2) is 6.45. The zero-order valence-corrected chi connectivity index (χ0v) is 12.1. The molecule has 1 aromatic rings. The number of thiophene rings is 1. The van der Waals surface area contributed by atoms with Crippen LogP contribution in [0.15, 0.2) is 21.8 Å². The van der Waals surface area contributed by atoms with E-state index in [2.05, 4.69) is 41.0 Å². The van der Waals surface area contributed by atoms with Crippen molar-refractivity contribution < 1.29 is 0 Å². The number of nitrogens with zero attached hydrogens (tertiary/aromatic N) is 1. The van der Waals surface area contributed by atoms with Crippen LogP contribution in [-0.4, -0.2) is 23.5 Å². The maximum absolute atomic E-state index is 4.66. The molecule has 1 aliphatic rings. The average Bonchev–Trinajstić information content (AvgIpc) is 2.82. The summed E-state index contributed by atoms with van der Waals surface area (Å²) in [6.07, 6.45) is 2.31. The Balaban J connectivity index is 1.80. The zero-order valence-electron chi connectivity index (χ0n) is 10.5. The molecule has 2 heterocycles. The predicted octanol–water partition coefficient (Wildman–Crippen LogP) is 3.40. The van der Waals surface area contributed by atoms with Crippen LogP contribution < -0.4 is 5.32 Å². The Bertz CT molecular complexity index is 358. The first kappa shape index (κ1) is 13.0. The maximum atomic E-state index is 4.66. The number of hydrogen-bond donors (Lipinski definition) is 1. The number of amidine groups is 1. The van der Waals surface area contributed by atoms with Gasteiger partial charge < -0.3 is 5.32 Å². The van der Waals surface area contributed by atoms with E-state index in [0.29, 0.717) is 12.0 Å². The van der Waals surface area contributed by atoms with Crippen LogP contribution in [0.3, 0.4) is 0 Å². The van der Waals surface area contributed by atoms with Crippen LogP contribution >= 0.6 is 23.1 Å². The van der Waals surface area contributed by atoms with Gasteiger partial charge in [0.1, 0.15) is 0 Å². The number of nitrogens with one attached hydrogen (secondary N) is 1. The third-order valence-electron chi connectivity index (χ3n) is 3.02. The lowest BCUT2D eigenvalue weighted by Gasteiger charge is -2.28. The molecule has 1 fully saturated rings. The van der Waals surface area contributed by atoms with Crippen molar-refractivity contribution in [3.8, 4) is 0 Å². The van der Waals surface area contributed by atoms with Crippen molar-refractivity contribution in [3.63, 3.8) is 0 Å². The Morgan fingerprint density at radius 3 is 3.12 bits per heavy atom. The van der Waals surface area contributed by atoms with Crippen LogP contribution in [0.5, 0.6) is 0 Å². The molecule has 94 valence electrons. The van der Waals surface area contributed by atoms with Gasteiger partial charge in [-0.1, -0.05) is 25.6 Å². The SMILES string of the molecule is CC(C)C1CCSC(=NCCc2ccsc2)N1. The summed E-state index contributed by atoms with van der Waals surface area (Å²) < 4.78 is 0. The van der Waals surface area contributed by atoms with Crippen molar-refractivity contribution in [2.45, 2.75) is 32.7 Å². The van der Waals surface area contributed by atoms with Crippen molar-refractivity contribution in [2.24, 2.45) is 10.9 Å². The summed E-state index contributed by atoms with van der Waals surface area (Å²) in [5.41, 5.74) is 1.40.